The lowest BCUT2D eigenvalue weighted by Gasteiger charge is -2.12. The van der Waals surface area contributed by atoms with E-state index in [-0.39, 0.29) is 0 Å². The van der Waals surface area contributed by atoms with Gasteiger partial charge in [0.05, 0.1) is 41.7 Å². The van der Waals surface area contributed by atoms with Gasteiger partial charge >= 0.3 is 0 Å². The molecule has 0 aliphatic carbocycles. The maximum absolute atomic E-state index is 9.58. The summed E-state index contributed by atoms with van der Waals surface area (Å²) in [5, 5.41) is 10.1. The van der Waals surface area contributed by atoms with Crippen LogP contribution in [-0.2, 0) is 0 Å². The molecule has 2 aromatic carbocycles. The number of halogens is 1. The van der Waals surface area contributed by atoms with Crippen LogP contribution in [0, 0.1) is 11.3 Å². The minimum atomic E-state index is 0.444. The van der Waals surface area contributed by atoms with Crippen LogP contribution in [0.5, 0.6) is 11.5 Å². The van der Waals surface area contributed by atoms with Crippen LogP contribution in [-0.4, -0.2) is 28.8 Å². The van der Waals surface area contributed by atoms with Crippen LogP contribution in [0.25, 0.3) is 28.0 Å². The van der Waals surface area contributed by atoms with Crippen molar-refractivity contribution in [1.82, 2.24) is 14.5 Å². The van der Waals surface area contributed by atoms with Crippen molar-refractivity contribution in [3.8, 4) is 34.5 Å². The Kier molecular flexibility index (Phi) is 4.60. The van der Waals surface area contributed by atoms with E-state index in [1.807, 2.05) is 41.0 Å². The summed E-state index contributed by atoms with van der Waals surface area (Å²) in [7, 11) is 3.17. The van der Waals surface area contributed by atoms with E-state index in [2.05, 4.69) is 16.0 Å². The molecule has 0 radical (unpaired) electrons. The average Bonchev–Trinajstić information content (AvgIpc) is 3.12. The van der Waals surface area contributed by atoms with Crippen LogP contribution in [0.4, 0.5) is 0 Å². The van der Waals surface area contributed by atoms with Crippen LogP contribution in [0.2, 0.25) is 5.02 Å². The van der Waals surface area contributed by atoms with Crippen molar-refractivity contribution in [3.05, 3.63) is 65.6 Å². The second kappa shape index (κ2) is 7.22. The number of methoxy groups -OCH3 is 2. The zero-order chi connectivity index (χ0) is 19.7. The molecule has 0 atom stereocenters. The summed E-state index contributed by atoms with van der Waals surface area (Å²) >= 11 is 6.42. The highest BCUT2D eigenvalue weighted by Gasteiger charge is 2.19. The number of ether oxygens (including phenoxy) is 2. The Labute approximate surface area is 166 Å². The fourth-order valence-electron chi connectivity index (χ4n) is 3.17. The normalized spacial score (nSPS) is 10.6. The van der Waals surface area contributed by atoms with Gasteiger partial charge in [0.1, 0.15) is 17.9 Å². The third-order valence-electron chi connectivity index (χ3n) is 4.47. The minimum Gasteiger partial charge on any atom is -0.493 e. The number of fused-ring (bicyclic) bond motifs is 1. The molecular formula is C21H15ClN4O2. The number of nitrogens with zero attached hydrogens (tertiary/aromatic N) is 4. The number of benzene rings is 2. The summed E-state index contributed by atoms with van der Waals surface area (Å²) in [5.41, 5.74) is 3.90. The Morgan fingerprint density at radius 2 is 1.82 bits per heavy atom. The van der Waals surface area contributed by atoms with Crippen molar-refractivity contribution >= 4 is 22.6 Å². The first-order chi connectivity index (χ1) is 13.7. The molecule has 2 heterocycles. The van der Waals surface area contributed by atoms with Crippen LogP contribution < -0.4 is 9.47 Å². The van der Waals surface area contributed by atoms with Crippen LogP contribution >= 0.6 is 11.6 Å². The van der Waals surface area contributed by atoms with Gasteiger partial charge in [0, 0.05) is 11.8 Å². The molecule has 0 bridgehead atoms. The molecule has 0 aliphatic rings. The van der Waals surface area contributed by atoms with Crippen LogP contribution in [0.3, 0.4) is 0 Å². The standard InChI is InChI=1S/C21H15ClN4O2/c1-27-17-8-7-13(9-18(17)28-2)19-21-20(25-12-24-19)14(10-23)11-26(21)16-6-4-3-5-15(16)22/h3-9,11-12H,1-2H3. The Balaban J connectivity index is 2.05. The van der Waals surface area contributed by atoms with E-state index in [0.717, 1.165) is 11.3 Å². The van der Waals surface area contributed by atoms with E-state index in [1.165, 1.54) is 6.33 Å². The van der Waals surface area contributed by atoms with Gasteiger partial charge in [-0.05, 0) is 30.3 Å². The van der Waals surface area contributed by atoms with Gasteiger partial charge in [-0.2, -0.15) is 5.26 Å². The van der Waals surface area contributed by atoms with E-state index in [0.29, 0.717) is 38.8 Å². The van der Waals surface area contributed by atoms with Crippen LogP contribution in [0.1, 0.15) is 5.56 Å². The van der Waals surface area contributed by atoms with Gasteiger partial charge in [-0.25, -0.2) is 9.97 Å². The Bertz CT molecular complexity index is 1230. The third kappa shape index (κ3) is 2.82. The molecule has 138 valence electrons. The maximum atomic E-state index is 9.58. The molecule has 0 aliphatic heterocycles. The molecule has 4 aromatic rings. The van der Waals surface area contributed by atoms with E-state index in [1.54, 1.807) is 26.5 Å². The SMILES string of the molecule is COc1ccc(-c2ncnc3c(C#N)cn(-c4ccccc4Cl)c23)cc1OC. The van der Waals surface area contributed by atoms with Crippen molar-refractivity contribution in [2.45, 2.75) is 0 Å². The first-order valence-corrected chi connectivity index (χ1v) is 8.79. The summed E-state index contributed by atoms with van der Waals surface area (Å²) in [6.45, 7) is 0. The van der Waals surface area contributed by atoms with Gasteiger partial charge in [-0.3, -0.25) is 0 Å². The number of aromatic nitrogens is 3. The molecule has 0 saturated carbocycles. The monoisotopic (exact) mass is 390 g/mol. The van der Waals surface area contributed by atoms with Crippen molar-refractivity contribution in [1.29, 1.82) is 5.26 Å². The largest absolute Gasteiger partial charge is 0.493 e. The molecule has 0 saturated heterocycles. The summed E-state index contributed by atoms with van der Waals surface area (Å²) < 4.78 is 12.6. The lowest BCUT2D eigenvalue weighted by molar-refractivity contribution is 0.355. The predicted octanol–water partition coefficient (Wildman–Crippen LogP) is 4.63. The van der Waals surface area contributed by atoms with E-state index in [4.69, 9.17) is 21.1 Å². The lowest BCUT2D eigenvalue weighted by atomic mass is 10.1. The number of hydrogen-bond donors (Lipinski definition) is 0. The maximum Gasteiger partial charge on any atom is 0.161 e. The molecule has 6 nitrogen and oxygen atoms in total. The Morgan fingerprint density at radius 1 is 1.04 bits per heavy atom. The average molecular weight is 391 g/mol. The number of hydrogen-bond acceptors (Lipinski definition) is 5. The van der Waals surface area contributed by atoms with Crippen molar-refractivity contribution in [2.24, 2.45) is 0 Å². The highest BCUT2D eigenvalue weighted by Crippen LogP contribution is 2.36. The van der Waals surface area contributed by atoms with E-state index < -0.39 is 0 Å². The van der Waals surface area contributed by atoms with Crippen molar-refractivity contribution in [2.75, 3.05) is 14.2 Å². The van der Waals surface area contributed by atoms with Gasteiger partial charge in [0.25, 0.3) is 0 Å². The zero-order valence-electron chi connectivity index (χ0n) is 15.2. The van der Waals surface area contributed by atoms with Gasteiger partial charge in [0.15, 0.2) is 11.5 Å². The smallest absolute Gasteiger partial charge is 0.161 e. The Morgan fingerprint density at radius 3 is 2.54 bits per heavy atom. The van der Waals surface area contributed by atoms with E-state index in [9.17, 15) is 5.26 Å². The van der Waals surface area contributed by atoms with E-state index >= 15 is 0 Å². The molecule has 0 unspecified atom stereocenters. The molecule has 0 spiro atoms. The molecule has 28 heavy (non-hydrogen) atoms. The molecule has 0 amide bonds. The van der Waals surface area contributed by atoms with Gasteiger partial charge in [-0.1, -0.05) is 23.7 Å². The summed E-state index contributed by atoms with van der Waals surface area (Å²) in [6.07, 6.45) is 3.18. The quantitative estimate of drug-likeness (QED) is 0.508. The van der Waals surface area contributed by atoms with Gasteiger partial charge in [0.2, 0.25) is 0 Å². The first kappa shape index (κ1) is 17.8. The Hall–Kier alpha value is -3.56. The molecule has 4 rings (SSSR count). The first-order valence-electron chi connectivity index (χ1n) is 8.41. The number of nitriles is 1. The topological polar surface area (TPSA) is 73.0 Å². The summed E-state index contributed by atoms with van der Waals surface area (Å²) in [6, 6.07) is 15.2. The second-order valence-corrected chi connectivity index (χ2v) is 6.37. The van der Waals surface area contributed by atoms with Crippen LogP contribution in [0.15, 0.2) is 55.0 Å². The molecule has 0 fully saturated rings. The minimum absolute atomic E-state index is 0.444. The molecular weight excluding hydrogens is 376 g/mol. The fraction of sp³-hybridized carbons (Fsp3) is 0.0952. The zero-order valence-corrected chi connectivity index (χ0v) is 15.9. The third-order valence-corrected chi connectivity index (χ3v) is 4.79. The molecule has 7 heteroatoms. The predicted molar refractivity (Wildman–Crippen MR) is 107 cm³/mol. The summed E-state index contributed by atoms with van der Waals surface area (Å²) in [5.74, 6) is 1.21. The summed E-state index contributed by atoms with van der Waals surface area (Å²) in [4.78, 5) is 8.83. The highest BCUT2D eigenvalue weighted by molar-refractivity contribution is 6.32. The highest BCUT2D eigenvalue weighted by atomic mass is 35.5. The second-order valence-electron chi connectivity index (χ2n) is 5.97. The molecule has 2 aromatic heterocycles. The fourth-order valence-corrected chi connectivity index (χ4v) is 3.40. The van der Waals surface area contributed by atoms with Crippen molar-refractivity contribution < 1.29 is 9.47 Å². The van der Waals surface area contributed by atoms with Gasteiger partial charge in [-0.15, -0.1) is 0 Å². The number of rotatable bonds is 4. The van der Waals surface area contributed by atoms with Gasteiger partial charge < -0.3 is 14.0 Å². The lowest BCUT2D eigenvalue weighted by Crippen LogP contribution is -1.98. The molecule has 0 N–H and O–H groups in total. The number of para-hydroxylation sites is 1. The van der Waals surface area contributed by atoms with Crippen molar-refractivity contribution in [3.63, 3.8) is 0 Å².